The maximum atomic E-state index is 11.9. The fraction of sp³-hybridized carbons (Fsp3) is 0.412. The Labute approximate surface area is 129 Å². The number of aliphatic hydroxyl groups is 1. The second-order valence-electron chi connectivity index (χ2n) is 6.10. The molecule has 5 heteroatoms. The van der Waals surface area contributed by atoms with Gasteiger partial charge in [0.25, 0.3) is 0 Å². The van der Waals surface area contributed by atoms with Crippen molar-refractivity contribution in [1.82, 2.24) is 15.6 Å². The van der Waals surface area contributed by atoms with Gasteiger partial charge in [0.1, 0.15) is 6.61 Å². The van der Waals surface area contributed by atoms with Gasteiger partial charge >= 0.3 is 0 Å². The van der Waals surface area contributed by atoms with Crippen LogP contribution in [0.4, 0.5) is 0 Å². The molecule has 1 aliphatic rings. The van der Waals surface area contributed by atoms with Crippen LogP contribution in [0.2, 0.25) is 0 Å². The Bertz CT molecular complexity index is 683. The molecule has 0 bridgehead atoms. The van der Waals surface area contributed by atoms with Gasteiger partial charge in [-0.25, -0.2) is 0 Å². The molecule has 5 nitrogen and oxygen atoms in total. The number of carbonyl (C=O) groups excluding carboxylic acids is 1. The highest BCUT2D eigenvalue weighted by molar-refractivity contribution is 5.85. The Hall–Kier alpha value is -1.98. The van der Waals surface area contributed by atoms with Gasteiger partial charge in [0.05, 0.1) is 11.1 Å². The van der Waals surface area contributed by atoms with Gasteiger partial charge in [-0.05, 0) is 36.6 Å². The van der Waals surface area contributed by atoms with Crippen LogP contribution < -0.4 is 10.6 Å². The van der Waals surface area contributed by atoms with Crippen LogP contribution in [0.15, 0.2) is 36.5 Å². The lowest BCUT2D eigenvalue weighted by molar-refractivity contribution is -0.126. The summed E-state index contributed by atoms with van der Waals surface area (Å²) in [5, 5.41) is 16.6. The third-order valence-electron chi connectivity index (χ3n) is 4.30. The van der Waals surface area contributed by atoms with E-state index in [-0.39, 0.29) is 5.91 Å². The highest BCUT2D eigenvalue weighted by Gasteiger charge is 2.39. The maximum absolute atomic E-state index is 11.9. The number of carbonyl (C=O) groups is 1. The number of piperidine rings is 1. The molecule has 1 aromatic heterocycles. The van der Waals surface area contributed by atoms with Crippen LogP contribution >= 0.6 is 0 Å². The van der Waals surface area contributed by atoms with E-state index in [9.17, 15) is 4.79 Å². The highest BCUT2D eigenvalue weighted by atomic mass is 16.3. The minimum absolute atomic E-state index is 0.350. The average molecular weight is 299 g/mol. The SMILES string of the molecule is C[C@@H]1CNC[C@](NC(=O)CO)(c2ccnc3ccccc23)C1. The molecule has 0 saturated carbocycles. The molecule has 0 aliphatic carbocycles. The van der Waals surface area contributed by atoms with E-state index >= 15 is 0 Å². The third kappa shape index (κ3) is 2.69. The van der Waals surface area contributed by atoms with Gasteiger partial charge in [0.15, 0.2) is 0 Å². The molecule has 2 atom stereocenters. The van der Waals surface area contributed by atoms with Crippen molar-refractivity contribution in [2.75, 3.05) is 19.7 Å². The molecule has 0 spiro atoms. The van der Waals surface area contributed by atoms with E-state index in [0.29, 0.717) is 12.5 Å². The minimum atomic E-state index is -0.514. The molecule has 2 aromatic rings. The molecule has 0 radical (unpaired) electrons. The lowest BCUT2D eigenvalue weighted by Gasteiger charge is -2.42. The van der Waals surface area contributed by atoms with Crippen LogP contribution in [-0.4, -0.2) is 35.7 Å². The van der Waals surface area contributed by atoms with E-state index in [0.717, 1.165) is 29.4 Å². The number of nitrogens with zero attached hydrogens (tertiary/aromatic N) is 1. The van der Waals surface area contributed by atoms with Crippen molar-refractivity contribution in [2.45, 2.75) is 18.9 Å². The van der Waals surface area contributed by atoms with Crippen molar-refractivity contribution in [3.05, 3.63) is 42.1 Å². The first-order valence-electron chi connectivity index (χ1n) is 7.61. The summed E-state index contributed by atoms with van der Waals surface area (Å²) < 4.78 is 0. The van der Waals surface area contributed by atoms with Crippen LogP contribution in [-0.2, 0) is 10.3 Å². The number of amides is 1. The summed E-state index contributed by atoms with van der Waals surface area (Å²) in [6.07, 6.45) is 2.61. The summed E-state index contributed by atoms with van der Waals surface area (Å²) in [5.74, 6) is 0.0801. The Morgan fingerprint density at radius 1 is 1.45 bits per heavy atom. The average Bonchev–Trinajstić information content (AvgIpc) is 2.54. The second-order valence-corrected chi connectivity index (χ2v) is 6.10. The van der Waals surface area contributed by atoms with Crippen molar-refractivity contribution in [1.29, 1.82) is 0 Å². The molecule has 1 aromatic carbocycles. The van der Waals surface area contributed by atoms with Crippen molar-refractivity contribution in [3.8, 4) is 0 Å². The van der Waals surface area contributed by atoms with Crippen LogP contribution in [0.25, 0.3) is 10.9 Å². The predicted molar refractivity (Wildman–Crippen MR) is 85.3 cm³/mol. The van der Waals surface area contributed by atoms with E-state index in [1.807, 2.05) is 30.3 Å². The smallest absolute Gasteiger partial charge is 0.246 e. The Morgan fingerprint density at radius 3 is 3.05 bits per heavy atom. The Morgan fingerprint density at radius 2 is 2.27 bits per heavy atom. The Balaban J connectivity index is 2.13. The first kappa shape index (κ1) is 14.9. The number of aromatic nitrogens is 1. The van der Waals surface area contributed by atoms with Crippen molar-refractivity contribution in [3.63, 3.8) is 0 Å². The lowest BCUT2D eigenvalue weighted by atomic mass is 9.77. The Kier molecular flexibility index (Phi) is 4.09. The molecule has 1 saturated heterocycles. The number of pyridine rings is 1. The molecule has 3 N–H and O–H groups in total. The molecule has 22 heavy (non-hydrogen) atoms. The normalized spacial score (nSPS) is 25.1. The minimum Gasteiger partial charge on any atom is -0.387 e. The topological polar surface area (TPSA) is 74.2 Å². The van der Waals surface area contributed by atoms with Gasteiger partial charge in [-0.3, -0.25) is 9.78 Å². The van der Waals surface area contributed by atoms with Gasteiger partial charge in [0.2, 0.25) is 5.91 Å². The zero-order valence-electron chi connectivity index (χ0n) is 12.7. The van der Waals surface area contributed by atoms with Crippen LogP contribution in [0.1, 0.15) is 18.9 Å². The van der Waals surface area contributed by atoms with Crippen LogP contribution in [0.3, 0.4) is 0 Å². The first-order valence-corrected chi connectivity index (χ1v) is 7.61. The quantitative estimate of drug-likeness (QED) is 0.795. The van der Waals surface area contributed by atoms with Gasteiger partial charge < -0.3 is 15.7 Å². The fourth-order valence-corrected chi connectivity index (χ4v) is 3.46. The zero-order chi connectivity index (χ0) is 15.6. The summed E-state index contributed by atoms with van der Waals surface area (Å²) in [6.45, 7) is 3.24. The second kappa shape index (κ2) is 6.02. The summed E-state index contributed by atoms with van der Waals surface area (Å²) >= 11 is 0. The summed E-state index contributed by atoms with van der Waals surface area (Å²) in [5.41, 5.74) is 1.45. The fourth-order valence-electron chi connectivity index (χ4n) is 3.46. The van der Waals surface area contributed by atoms with Crippen molar-refractivity contribution < 1.29 is 9.90 Å². The highest BCUT2D eigenvalue weighted by Crippen LogP contribution is 2.34. The van der Waals surface area contributed by atoms with Crippen molar-refractivity contribution >= 4 is 16.8 Å². The number of hydrogen-bond donors (Lipinski definition) is 3. The monoisotopic (exact) mass is 299 g/mol. The molecule has 1 fully saturated rings. The maximum Gasteiger partial charge on any atom is 0.246 e. The van der Waals surface area contributed by atoms with E-state index < -0.39 is 12.1 Å². The molecule has 1 aliphatic heterocycles. The molecular formula is C17H21N3O2. The number of fused-ring (bicyclic) bond motifs is 1. The molecule has 1 amide bonds. The molecular weight excluding hydrogens is 278 g/mol. The summed E-state index contributed by atoms with van der Waals surface area (Å²) in [6, 6.07) is 9.91. The predicted octanol–water partition coefficient (Wildman–Crippen LogP) is 1.17. The molecule has 3 rings (SSSR count). The van der Waals surface area contributed by atoms with Gasteiger partial charge in [-0.15, -0.1) is 0 Å². The third-order valence-corrected chi connectivity index (χ3v) is 4.30. The largest absolute Gasteiger partial charge is 0.387 e. The number of para-hydroxylation sites is 1. The zero-order valence-corrected chi connectivity index (χ0v) is 12.7. The number of rotatable bonds is 3. The lowest BCUT2D eigenvalue weighted by Crippen LogP contribution is -2.57. The van der Waals surface area contributed by atoms with Gasteiger partial charge in [-0.2, -0.15) is 0 Å². The molecule has 0 unspecified atom stereocenters. The van der Waals surface area contributed by atoms with Gasteiger partial charge in [-0.1, -0.05) is 25.1 Å². The number of nitrogens with one attached hydrogen (secondary N) is 2. The number of benzene rings is 1. The van der Waals surface area contributed by atoms with Crippen molar-refractivity contribution in [2.24, 2.45) is 5.92 Å². The van der Waals surface area contributed by atoms with E-state index in [1.165, 1.54) is 0 Å². The summed E-state index contributed by atoms with van der Waals surface area (Å²) in [4.78, 5) is 16.3. The first-order chi connectivity index (χ1) is 10.6. The number of aliphatic hydroxyl groups excluding tert-OH is 1. The molecule has 116 valence electrons. The van der Waals surface area contributed by atoms with E-state index in [1.54, 1.807) is 6.20 Å². The molecule has 2 heterocycles. The van der Waals surface area contributed by atoms with Crippen LogP contribution in [0.5, 0.6) is 0 Å². The van der Waals surface area contributed by atoms with E-state index in [4.69, 9.17) is 5.11 Å². The van der Waals surface area contributed by atoms with Gasteiger partial charge in [0, 0.05) is 18.1 Å². The standard InChI is InChI=1S/C17H21N3O2/c1-12-8-17(11-18-9-12,20-16(22)10-21)14-6-7-19-15-5-3-2-4-13(14)15/h2-7,12,18,21H,8-11H2,1H3,(H,20,22)/t12-,17-/m0/s1. The van der Waals surface area contributed by atoms with Crippen LogP contribution in [0, 0.1) is 5.92 Å². The number of hydrogen-bond acceptors (Lipinski definition) is 4. The summed E-state index contributed by atoms with van der Waals surface area (Å²) in [7, 11) is 0. The van der Waals surface area contributed by atoms with E-state index in [2.05, 4.69) is 22.5 Å².